The molecule has 8 heteroatoms. The molecule has 1 aliphatic rings. The third-order valence-corrected chi connectivity index (χ3v) is 6.23. The summed E-state index contributed by atoms with van der Waals surface area (Å²) in [7, 11) is 3.17. The highest BCUT2D eigenvalue weighted by atomic mass is 32.1. The number of anilines is 1. The van der Waals surface area contributed by atoms with Crippen molar-refractivity contribution in [3.8, 4) is 22.8 Å². The van der Waals surface area contributed by atoms with Crippen LogP contribution in [0.1, 0.15) is 10.4 Å². The number of rotatable bonds is 8. The molecule has 1 aromatic heterocycles. The van der Waals surface area contributed by atoms with Crippen LogP contribution in [0, 0.1) is 0 Å². The fraction of sp³-hybridized carbons (Fsp3) is 0.333. The zero-order valence-electron chi connectivity index (χ0n) is 18.3. The summed E-state index contributed by atoms with van der Waals surface area (Å²) in [6, 6.07) is 15.6. The fourth-order valence-electron chi connectivity index (χ4n) is 3.64. The zero-order valence-corrected chi connectivity index (χ0v) is 19.1. The van der Waals surface area contributed by atoms with E-state index in [-0.39, 0.29) is 12.3 Å². The Morgan fingerprint density at radius 2 is 1.84 bits per heavy atom. The molecule has 0 aliphatic carbocycles. The van der Waals surface area contributed by atoms with Gasteiger partial charge in [0.15, 0.2) is 16.6 Å². The molecular formula is C24H27N3O4S. The van der Waals surface area contributed by atoms with Crippen LogP contribution in [0.4, 0.5) is 5.13 Å². The third-order valence-electron chi connectivity index (χ3n) is 5.27. The number of carbonyl (C=O) groups excluding carboxylic acids is 1. The first-order valence-corrected chi connectivity index (χ1v) is 11.3. The van der Waals surface area contributed by atoms with Gasteiger partial charge in [0.05, 0.1) is 39.5 Å². The average Bonchev–Trinajstić information content (AvgIpc) is 3.21. The van der Waals surface area contributed by atoms with E-state index >= 15 is 0 Å². The van der Waals surface area contributed by atoms with E-state index < -0.39 is 0 Å². The summed E-state index contributed by atoms with van der Waals surface area (Å²) < 4.78 is 16.1. The monoisotopic (exact) mass is 453 g/mol. The Labute approximate surface area is 191 Å². The predicted octanol–water partition coefficient (Wildman–Crippen LogP) is 3.84. The van der Waals surface area contributed by atoms with E-state index in [0.29, 0.717) is 16.6 Å². The van der Waals surface area contributed by atoms with Crippen LogP contribution in [0.15, 0.2) is 48.5 Å². The standard InChI is InChI=1S/C24H27N3O4S/c1-29-19-9-8-17(14-20(19)30-2)15-22(28)25-24-26-23(18-6-4-3-5-7-18)21(32-24)16-27-10-12-31-13-11-27/h3-9,14H,10-13,15-16H2,1-2H3,(H,25,26,28). The van der Waals surface area contributed by atoms with E-state index in [9.17, 15) is 4.79 Å². The van der Waals surface area contributed by atoms with Gasteiger partial charge in [0, 0.05) is 30.1 Å². The largest absolute Gasteiger partial charge is 0.493 e. The second kappa shape index (κ2) is 10.6. The van der Waals surface area contributed by atoms with Gasteiger partial charge >= 0.3 is 0 Å². The highest BCUT2D eigenvalue weighted by Gasteiger charge is 2.19. The second-order valence-corrected chi connectivity index (χ2v) is 8.54. The lowest BCUT2D eigenvalue weighted by Crippen LogP contribution is -2.35. The molecule has 1 aliphatic heterocycles. The molecule has 7 nitrogen and oxygen atoms in total. The highest BCUT2D eigenvalue weighted by molar-refractivity contribution is 7.16. The molecular weight excluding hydrogens is 426 g/mol. The molecule has 168 valence electrons. The molecule has 1 saturated heterocycles. The Bertz CT molecular complexity index is 1050. The van der Waals surface area contributed by atoms with E-state index in [1.165, 1.54) is 11.3 Å². The summed E-state index contributed by atoms with van der Waals surface area (Å²) in [5.74, 6) is 1.12. The van der Waals surface area contributed by atoms with E-state index in [1.54, 1.807) is 20.3 Å². The van der Waals surface area contributed by atoms with E-state index in [0.717, 1.165) is 54.5 Å². The lowest BCUT2D eigenvalue weighted by molar-refractivity contribution is -0.115. The molecule has 0 spiro atoms. The van der Waals surface area contributed by atoms with Crippen molar-refractivity contribution in [1.29, 1.82) is 0 Å². The fourth-order valence-corrected chi connectivity index (χ4v) is 4.68. The van der Waals surface area contributed by atoms with E-state index in [2.05, 4.69) is 10.2 Å². The summed E-state index contributed by atoms with van der Waals surface area (Å²) in [4.78, 5) is 21.0. The van der Waals surface area contributed by atoms with E-state index in [4.69, 9.17) is 19.2 Å². The number of aromatic nitrogens is 1. The molecule has 2 aromatic carbocycles. The SMILES string of the molecule is COc1ccc(CC(=O)Nc2nc(-c3ccccc3)c(CN3CCOCC3)s2)cc1OC. The van der Waals surface area contributed by atoms with Gasteiger partial charge in [-0.25, -0.2) is 4.98 Å². The minimum Gasteiger partial charge on any atom is -0.493 e. The lowest BCUT2D eigenvalue weighted by Gasteiger charge is -2.26. The van der Waals surface area contributed by atoms with Crippen molar-refractivity contribution in [2.24, 2.45) is 0 Å². The van der Waals surface area contributed by atoms with Crippen molar-refractivity contribution in [2.45, 2.75) is 13.0 Å². The van der Waals surface area contributed by atoms with Gasteiger partial charge in [-0.3, -0.25) is 9.69 Å². The summed E-state index contributed by atoms with van der Waals surface area (Å²) >= 11 is 1.53. The Morgan fingerprint density at radius 3 is 2.56 bits per heavy atom. The number of morpholine rings is 1. The minimum absolute atomic E-state index is 0.122. The van der Waals surface area contributed by atoms with Gasteiger partial charge in [-0.05, 0) is 17.7 Å². The maximum Gasteiger partial charge on any atom is 0.230 e. The summed E-state index contributed by atoms with van der Waals surface area (Å²) in [6.45, 7) is 4.07. The molecule has 0 radical (unpaired) electrons. The number of thiazole rings is 1. The van der Waals surface area contributed by atoms with Crippen molar-refractivity contribution in [3.05, 3.63) is 59.0 Å². The molecule has 3 aromatic rings. The van der Waals surface area contributed by atoms with Crippen LogP contribution in [0.3, 0.4) is 0 Å². The molecule has 1 N–H and O–H groups in total. The number of nitrogens with one attached hydrogen (secondary N) is 1. The number of ether oxygens (including phenoxy) is 3. The van der Waals surface area contributed by atoms with Crippen LogP contribution in [-0.2, 0) is 22.5 Å². The molecule has 4 rings (SSSR count). The van der Waals surface area contributed by atoms with Gasteiger partial charge in [0.1, 0.15) is 0 Å². The number of nitrogens with zero attached hydrogens (tertiary/aromatic N) is 2. The quantitative estimate of drug-likeness (QED) is 0.559. The molecule has 0 saturated carbocycles. The molecule has 32 heavy (non-hydrogen) atoms. The third kappa shape index (κ3) is 5.45. The second-order valence-electron chi connectivity index (χ2n) is 7.46. The van der Waals surface area contributed by atoms with Crippen LogP contribution in [0.2, 0.25) is 0 Å². The van der Waals surface area contributed by atoms with E-state index in [1.807, 2.05) is 42.5 Å². The van der Waals surface area contributed by atoms with Crippen molar-refractivity contribution < 1.29 is 19.0 Å². The molecule has 0 atom stereocenters. The van der Waals surface area contributed by atoms with Gasteiger partial charge in [-0.1, -0.05) is 47.7 Å². The average molecular weight is 454 g/mol. The number of amides is 1. The van der Waals surface area contributed by atoms with Crippen LogP contribution in [-0.4, -0.2) is 56.3 Å². The maximum absolute atomic E-state index is 12.7. The first kappa shape index (κ1) is 22.3. The van der Waals surface area contributed by atoms with Crippen LogP contribution >= 0.6 is 11.3 Å². The lowest BCUT2D eigenvalue weighted by atomic mass is 10.1. The number of hydrogen-bond acceptors (Lipinski definition) is 7. The van der Waals surface area contributed by atoms with Gasteiger partial charge in [0.2, 0.25) is 5.91 Å². The van der Waals surface area contributed by atoms with Gasteiger partial charge in [0.25, 0.3) is 0 Å². The first-order valence-electron chi connectivity index (χ1n) is 10.5. The summed E-state index contributed by atoms with van der Waals surface area (Å²) in [5.41, 5.74) is 2.81. The molecule has 2 heterocycles. The maximum atomic E-state index is 12.7. The first-order chi connectivity index (χ1) is 15.7. The Kier molecular flexibility index (Phi) is 7.36. The van der Waals surface area contributed by atoms with Gasteiger partial charge in [-0.2, -0.15) is 0 Å². The van der Waals surface area contributed by atoms with Crippen LogP contribution < -0.4 is 14.8 Å². The minimum atomic E-state index is -0.122. The summed E-state index contributed by atoms with van der Waals surface area (Å²) in [6.07, 6.45) is 0.222. The Balaban J connectivity index is 1.51. The zero-order chi connectivity index (χ0) is 22.3. The van der Waals surface area contributed by atoms with Crippen molar-refractivity contribution in [3.63, 3.8) is 0 Å². The Hall–Kier alpha value is -2.94. The topological polar surface area (TPSA) is 72.9 Å². The van der Waals surface area contributed by atoms with Crippen molar-refractivity contribution in [1.82, 2.24) is 9.88 Å². The summed E-state index contributed by atoms with van der Waals surface area (Å²) in [5, 5.41) is 3.59. The number of hydrogen-bond donors (Lipinski definition) is 1. The predicted molar refractivity (Wildman–Crippen MR) is 126 cm³/mol. The highest BCUT2D eigenvalue weighted by Crippen LogP contribution is 2.33. The Morgan fingerprint density at radius 1 is 1.09 bits per heavy atom. The van der Waals surface area contributed by atoms with Crippen LogP contribution in [0.25, 0.3) is 11.3 Å². The van der Waals surface area contributed by atoms with Crippen molar-refractivity contribution in [2.75, 3.05) is 45.8 Å². The molecule has 0 unspecified atom stereocenters. The number of methoxy groups -OCH3 is 2. The number of benzene rings is 2. The van der Waals surface area contributed by atoms with Crippen LogP contribution in [0.5, 0.6) is 11.5 Å². The normalized spacial score (nSPS) is 14.2. The van der Waals surface area contributed by atoms with Gasteiger partial charge < -0.3 is 19.5 Å². The smallest absolute Gasteiger partial charge is 0.230 e. The van der Waals surface area contributed by atoms with Crippen molar-refractivity contribution >= 4 is 22.4 Å². The molecule has 0 bridgehead atoms. The van der Waals surface area contributed by atoms with Gasteiger partial charge in [-0.15, -0.1) is 0 Å². The molecule has 1 amide bonds. The molecule has 1 fully saturated rings. The number of carbonyl (C=O) groups is 1.